The molecule has 2 amide bonds. The number of aryl methyl sites for hydroxylation is 3. The number of aromatic nitrogens is 4. The van der Waals surface area contributed by atoms with Crippen molar-refractivity contribution < 1.29 is 28.4 Å². The monoisotopic (exact) mass is 536 g/mol. The van der Waals surface area contributed by atoms with Crippen molar-refractivity contribution in [3.63, 3.8) is 0 Å². The van der Waals surface area contributed by atoms with Crippen LogP contribution in [-0.2, 0) is 17.7 Å². The highest BCUT2D eigenvalue weighted by Gasteiger charge is 2.24. The predicted octanol–water partition coefficient (Wildman–Crippen LogP) is 2.82. The zero-order chi connectivity index (χ0) is 27.4. The van der Waals surface area contributed by atoms with E-state index in [4.69, 9.17) is 10.2 Å². The molecule has 0 bridgehead atoms. The number of hydrogen-bond donors (Lipinski definition) is 4. The van der Waals surface area contributed by atoms with Crippen LogP contribution in [0.4, 0.5) is 5.95 Å². The Morgan fingerprint density at radius 1 is 1.13 bits per heavy atom. The van der Waals surface area contributed by atoms with E-state index in [0.717, 1.165) is 0 Å². The second-order valence-electron chi connectivity index (χ2n) is 8.93. The molecule has 2 aromatic carbocycles. The summed E-state index contributed by atoms with van der Waals surface area (Å²) in [7, 11) is -4.40. The molecule has 38 heavy (non-hydrogen) atoms. The number of carbonyl (C=O) groups excluding carboxylic acids is 2. The maximum absolute atomic E-state index is 13.3. The SMILES string of the molecule is CCn1nc(C)cc1C(=O)Nc1nc2cc(C(N)=O)c3oc(C)cc3c2n1Cc1ccc(P(=O)(O)O)cc1. The van der Waals surface area contributed by atoms with Gasteiger partial charge < -0.3 is 24.5 Å². The van der Waals surface area contributed by atoms with Gasteiger partial charge in [-0.05, 0) is 56.7 Å². The smallest absolute Gasteiger partial charge is 0.356 e. The predicted molar refractivity (Wildman–Crippen MR) is 141 cm³/mol. The van der Waals surface area contributed by atoms with E-state index in [1.165, 1.54) is 18.2 Å². The molecule has 0 unspecified atom stereocenters. The third-order valence-corrected chi connectivity index (χ3v) is 7.14. The van der Waals surface area contributed by atoms with E-state index in [1.807, 2.05) is 6.92 Å². The summed E-state index contributed by atoms with van der Waals surface area (Å²) < 4.78 is 20.7. The maximum atomic E-state index is 13.3. The topological polar surface area (TPSA) is 178 Å². The summed E-state index contributed by atoms with van der Waals surface area (Å²) in [5, 5.41) is 7.67. The Morgan fingerprint density at radius 2 is 1.84 bits per heavy atom. The number of primary amides is 1. The first kappa shape index (κ1) is 25.4. The largest absolute Gasteiger partial charge is 0.460 e. The number of nitrogens with two attached hydrogens (primary N) is 1. The van der Waals surface area contributed by atoms with Gasteiger partial charge in [0.05, 0.1) is 34.1 Å². The molecule has 5 aromatic rings. The highest BCUT2D eigenvalue weighted by molar-refractivity contribution is 7.60. The van der Waals surface area contributed by atoms with Crippen LogP contribution in [0.5, 0.6) is 0 Å². The molecule has 12 nitrogen and oxygen atoms in total. The van der Waals surface area contributed by atoms with Crippen LogP contribution in [0, 0.1) is 13.8 Å². The van der Waals surface area contributed by atoms with Gasteiger partial charge in [0.15, 0.2) is 0 Å². The second kappa shape index (κ2) is 9.25. The lowest BCUT2D eigenvalue weighted by Gasteiger charge is -2.12. The van der Waals surface area contributed by atoms with E-state index < -0.39 is 19.4 Å². The fourth-order valence-corrected chi connectivity index (χ4v) is 5.03. The van der Waals surface area contributed by atoms with Gasteiger partial charge in [0, 0.05) is 11.9 Å². The number of imidazole rings is 1. The van der Waals surface area contributed by atoms with Crippen LogP contribution >= 0.6 is 7.60 Å². The van der Waals surface area contributed by atoms with E-state index in [0.29, 0.717) is 51.3 Å². The van der Waals surface area contributed by atoms with Crippen molar-refractivity contribution in [2.75, 3.05) is 5.32 Å². The summed E-state index contributed by atoms with van der Waals surface area (Å²) in [5.41, 5.74) is 8.83. The summed E-state index contributed by atoms with van der Waals surface area (Å²) in [4.78, 5) is 49.0. The van der Waals surface area contributed by atoms with Gasteiger partial charge in [-0.25, -0.2) is 4.98 Å². The van der Waals surface area contributed by atoms with Crippen molar-refractivity contribution >= 4 is 52.7 Å². The molecule has 13 heteroatoms. The zero-order valence-electron chi connectivity index (χ0n) is 20.8. The molecule has 0 saturated carbocycles. The standard InChI is InChI=1S/C25H25N6O6P/c1-4-31-20(9-13(2)29-31)24(33)28-25-27-19-11-18(23(26)32)22-17(10-14(3)37-22)21(19)30(25)12-15-5-7-16(8-6-15)38(34,35)36/h5-11H,4,12H2,1-3H3,(H2,26,32)(H,27,28,33)(H2,34,35,36). The number of nitrogens with zero attached hydrogens (tertiary/aromatic N) is 4. The van der Waals surface area contributed by atoms with Crippen LogP contribution < -0.4 is 16.4 Å². The third-order valence-electron chi connectivity index (χ3n) is 6.17. The van der Waals surface area contributed by atoms with Crippen molar-refractivity contribution in [1.82, 2.24) is 19.3 Å². The Balaban J connectivity index is 1.68. The first-order chi connectivity index (χ1) is 18.0. The van der Waals surface area contributed by atoms with E-state index in [9.17, 15) is 23.9 Å². The first-order valence-electron chi connectivity index (χ1n) is 11.7. The van der Waals surface area contributed by atoms with Crippen molar-refractivity contribution in [3.8, 4) is 0 Å². The van der Waals surface area contributed by atoms with E-state index in [1.54, 1.807) is 47.4 Å². The number of anilines is 1. The molecule has 0 saturated heterocycles. The fourth-order valence-electron chi connectivity index (χ4n) is 4.49. The minimum absolute atomic E-state index is 0.104. The second-order valence-corrected chi connectivity index (χ2v) is 10.5. The summed E-state index contributed by atoms with van der Waals surface area (Å²) in [5.74, 6) is -0.341. The summed E-state index contributed by atoms with van der Waals surface area (Å²) in [6, 6.07) is 10.9. The van der Waals surface area contributed by atoms with Crippen molar-refractivity contribution in [3.05, 3.63) is 70.7 Å². The minimum Gasteiger partial charge on any atom is -0.460 e. The lowest BCUT2D eigenvalue weighted by atomic mass is 10.1. The lowest BCUT2D eigenvalue weighted by molar-refractivity contribution is 0.0996. The molecule has 0 aliphatic heterocycles. The summed E-state index contributed by atoms with van der Waals surface area (Å²) >= 11 is 0. The lowest BCUT2D eigenvalue weighted by Crippen LogP contribution is -2.20. The number of nitrogens with one attached hydrogen (secondary N) is 1. The van der Waals surface area contributed by atoms with Crippen molar-refractivity contribution in [2.24, 2.45) is 5.73 Å². The molecule has 0 spiro atoms. The highest BCUT2D eigenvalue weighted by Crippen LogP contribution is 2.35. The Labute approximate surface area is 216 Å². The van der Waals surface area contributed by atoms with Crippen LogP contribution in [-0.4, -0.2) is 40.9 Å². The third kappa shape index (κ3) is 4.49. The molecule has 3 aromatic heterocycles. The number of amides is 2. The van der Waals surface area contributed by atoms with Crippen LogP contribution in [0.15, 0.2) is 46.9 Å². The van der Waals surface area contributed by atoms with E-state index in [-0.39, 0.29) is 23.4 Å². The van der Waals surface area contributed by atoms with Gasteiger partial charge in [-0.1, -0.05) is 12.1 Å². The molecular formula is C25H25N6O6P. The maximum Gasteiger partial charge on any atom is 0.356 e. The number of furan rings is 1. The minimum atomic E-state index is -4.40. The number of benzene rings is 2. The molecule has 0 fully saturated rings. The Morgan fingerprint density at radius 3 is 2.47 bits per heavy atom. The van der Waals surface area contributed by atoms with Crippen molar-refractivity contribution in [2.45, 2.75) is 33.9 Å². The molecule has 196 valence electrons. The van der Waals surface area contributed by atoms with Crippen LogP contribution in [0.25, 0.3) is 22.0 Å². The normalized spacial score (nSPS) is 11.9. The molecule has 5 N–H and O–H groups in total. The molecule has 0 atom stereocenters. The fraction of sp³-hybridized carbons (Fsp3) is 0.200. The van der Waals surface area contributed by atoms with Gasteiger partial charge in [0.25, 0.3) is 11.8 Å². The molecular weight excluding hydrogens is 511 g/mol. The molecule has 0 aliphatic rings. The van der Waals surface area contributed by atoms with Gasteiger partial charge in [-0.15, -0.1) is 0 Å². The summed E-state index contributed by atoms with van der Waals surface area (Å²) in [6.07, 6.45) is 0. The van der Waals surface area contributed by atoms with Crippen LogP contribution in [0.3, 0.4) is 0 Å². The quantitative estimate of drug-likeness (QED) is 0.229. The van der Waals surface area contributed by atoms with Gasteiger partial charge in [0.2, 0.25) is 5.95 Å². The number of fused-ring (bicyclic) bond motifs is 3. The Hall–Kier alpha value is -4.25. The summed E-state index contributed by atoms with van der Waals surface area (Å²) in [6.45, 7) is 6.10. The van der Waals surface area contributed by atoms with Gasteiger partial charge >= 0.3 is 7.60 Å². The van der Waals surface area contributed by atoms with E-state index in [2.05, 4.69) is 15.4 Å². The zero-order valence-corrected chi connectivity index (χ0v) is 21.7. The molecule has 5 rings (SSSR count). The highest BCUT2D eigenvalue weighted by atomic mass is 31.2. The Bertz CT molecular complexity index is 1780. The average molecular weight is 536 g/mol. The van der Waals surface area contributed by atoms with Crippen molar-refractivity contribution in [1.29, 1.82) is 0 Å². The van der Waals surface area contributed by atoms with E-state index >= 15 is 0 Å². The first-order valence-corrected chi connectivity index (χ1v) is 13.3. The molecule has 0 radical (unpaired) electrons. The van der Waals surface area contributed by atoms with Gasteiger partial charge in [-0.2, -0.15) is 5.10 Å². The van der Waals surface area contributed by atoms with Gasteiger partial charge in [0.1, 0.15) is 17.0 Å². The van der Waals surface area contributed by atoms with Gasteiger partial charge in [-0.3, -0.25) is 24.2 Å². The number of hydrogen-bond acceptors (Lipinski definition) is 6. The number of carbonyl (C=O) groups is 2. The molecule has 0 aliphatic carbocycles. The average Bonchev–Trinajstić information content (AvgIpc) is 3.52. The van der Waals surface area contributed by atoms with Crippen LogP contribution in [0.2, 0.25) is 0 Å². The van der Waals surface area contributed by atoms with Crippen LogP contribution in [0.1, 0.15) is 44.8 Å². The Kier molecular flexibility index (Phi) is 6.18. The number of rotatable bonds is 7. The molecule has 3 heterocycles.